The summed E-state index contributed by atoms with van der Waals surface area (Å²) in [4.78, 5) is 28.5. The Hall–Kier alpha value is -3.64. The van der Waals surface area contributed by atoms with Gasteiger partial charge < -0.3 is 14.0 Å². The number of carbonyl (C=O) groups is 2. The van der Waals surface area contributed by atoms with Crippen LogP contribution >= 0.6 is 15.9 Å². The van der Waals surface area contributed by atoms with E-state index >= 15 is 0 Å². The predicted octanol–water partition coefficient (Wildman–Crippen LogP) is 6.21. The highest BCUT2D eigenvalue weighted by Gasteiger charge is 2.20. The van der Waals surface area contributed by atoms with Crippen molar-refractivity contribution in [3.63, 3.8) is 0 Å². The predicted molar refractivity (Wildman–Crippen MR) is 140 cm³/mol. The average molecular weight is 517 g/mol. The number of hydrogen-bond donors (Lipinski definition) is 0. The zero-order chi connectivity index (χ0) is 24.4. The van der Waals surface area contributed by atoms with E-state index in [1.807, 2.05) is 74.6 Å². The molecule has 5 nitrogen and oxygen atoms in total. The lowest BCUT2D eigenvalue weighted by Crippen LogP contribution is -2.08. The van der Waals surface area contributed by atoms with Gasteiger partial charge in [-0.2, -0.15) is 0 Å². The van der Waals surface area contributed by atoms with Gasteiger partial charge in [-0.15, -0.1) is 0 Å². The van der Waals surface area contributed by atoms with E-state index in [0.717, 1.165) is 21.3 Å². The molecule has 172 valence electrons. The van der Waals surface area contributed by atoms with Crippen LogP contribution in [0.3, 0.4) is 0 Å². The Morgan fingerprint density at radius 3 is 2.41 bits per heavy atom. The molecular formula is C28H25BrN2O3. The van der Waals surface area contributed by atoms with Gasteiger partial charge in [0.15, 0.2) is 5.78 Å². The van der Waals surface area contributed by atoms with Crippen LogP contribution in [0.5, 0.6) is 5.75 Å². The van der Waals surface area contributed by atoms with E-state index in [4.69, 9.17) is 4.74 Å². The summed E-state index contributed by atoms with van der Waals surface area (Å²) in [6.45, 7) is 1.96. The van der Waals surface area contributed by atoms with Crippen LogP contribution < -0.4 is 9.64 Å². The second kappa shape index (κ2) is 9.69. The van der Waals surface area contributed by atoms with E-state index < -0.39 is 0 Å². The van der Waals surface area contributed by atoms with Crippen LogP contribution in [0.25, 0.3) is 11.6 Å². The molecule has 4 rings (SSSR count). The lowest BCUT2D eigenvalue weighted by molar-refractivity contribution is 0.103. The molecule has 0 fully saturated rings. The molecule has 0 bridgehead atoms. The van der Waals surface area contributed by atoms with E-state index in [1.54, 1.807) is 35.8 Å². The number of nitrogens with zero attached hydrogens (tertiary/aromatic N) is 2. The van der Waals surface area contributed by atoms with Crippen molar-refractivity contribution in [2.24, 2.45) is 0 Å². The van der Waals surface area contributed by atoms with Gasteiger partial charge in [0, 0.05) is 53.2 Å². The second-order valence-electron chi connectivity index (χ2n) is 8.26. The Morgan fingerprint density at radius 2 is 1.74 bits per heavy atom. The van der Waals surface area contributed by atoms with Gasteiger partial charge in [0.05, 0.1) is 18.3 Å². The molecule has 0 aliphatic heterocycles. The van der Waals surface area contributed by atoms with Crippen molar-refractivity contribution in [3.05, 3.63) is 105 Å². The molecule has 0 spiro atoms. The summed E-state index contributed by atoms with van der Waals surface area (Å²) in [5.74, 6) is 0.353. The van der Waals surface area contributed by atoms with Crippen LogP contribution in [-0.2, 0) is 0 Å². The van der Waals surface area contributed by atoms with Crippen molar-refractivity contribution < 1.29 is 14.3 Å². The number of pyridine rings is 1. The van der Waals surface area contributed by atoms with Crippen LogP contribution in [0, 0.1) is 6.92 Å². The van der Waals surface area contributed by atoms with E-state index in [9.17, 15) is 9.59 Å². The first-order valence-corrected chi connectivity index (χ1v) is 11.6. The average Bonchev–Trinajstić information content (AvgIpc) is 3.21. The van der Waals surface area contributed by atoms with Crippen molar-refractivity contribution in [2.45, 2.75) is 6.92 Å². The molecule has 34 heavy (non-hydrogen) atoms. The minimum absolute atomic E-state index is 0.143. The number of anilines is 1. The molecule has 0 aliphatic carbocycles. The lowest BCUT2D eigenvalue weighted by Gasteiger charge is -2.14. The summed E-state index contributed by atoms with van der Waals surface area (Å²) >= 11 is 3.40. The maximum atomic E-state index is 13.3. The SMILES string of the molecule is COc1cc(N(C)C)ccc1/C=C/C(=O)c1cc(C(=O)c2ccc(Br)cc2)n2ccc(C)cc12. The van der Waals surface area contributed by atoms with Gasteiger partial charge in [-0.1, -0.05) is 15.9 Å². The van der Waals surface area contributed by atoms with E-state index in [0.29, 0.717) is 28.1 Å². The summed E-state index contributed by atoms with van der Waals surface area (Å²) in [5, 5.41) is 0. The fourth-order valence-electron chi connectivity index (χ4n) is 3.80. The minimum Gasteiger partial charge on any atom is -0.496 e. The molecule has 0 amide bonds. The number of halogens is 1. The number of hydrogen-bond acceptors (Lipinski definition) is 4. The molecule has 0 unspecified atom stereocenters. The van der Waals surface area contributed by atoms with Crippen molar-refractivity contribution in [1.82, 2.24) is 4.40 Å². The first-order valence-electron chi connectivity index (χ1n) is 10.8. The summed E-state index contributed by atoms with van der Waals surface area (Å²) < 4.78 is 8.19. The first kappa shape index (κ1) is 23.5. The summed E-state index contributed by atoms with van der Waals surface area (Å²) in [5.41, 5.74) is 4.99. The largest absolute Gasteiger partial charge is 0.496 e. The Balaban J connectivity index is 1.73. The number of aryl methyl sites for hydroxylation is 1. The monoisotopic (exact) mass is 516 g/mol. The number of methoxy groups -OCH3 is 1. The number of allylic oxidation sites excluding steroid dienone is 1. The molecular weight excluding hydrogens is 492 g/mol. The first-order chi connectivity index (χ1) is 16.3. The van der Waals surface area contributed by atoms with Crippen molar-refractivity contribution in [3.8, 4) is 5.75 Å². The van der Waals surface area contributed by atoms with Gasteiger partial charge in [0.2, 0.25) is 5.78 Å². The van der Waals surface area contributed by atoms with Crippen LogP contribution in [0.2, 0.25) is 0 Å². The maximum Gasteiger partial charge on any atom is 0.209 e. The highest BCUT2D eigenvalue weighted by Crippen LogP contribution is 2.27. The molecule has 2 heterocycles. The zero-order valence-electron chi connectivity index (χ0n) is 19.5. The normalized spacial score (nSPS) is 11.2. The van der Waals surface area contributed by atoms with Crippen molar-refractivity contribution in [2.75, 3.05) is 26.1 Å². The molecule has 2 aromatic carbocycles. The van der Waals surface area contributed by atoms with Gasteiger partial charge >= 0.3 is 0 Å². The van der Waals surface area contributed by atoms with Crippen LogP contribution in [-0.4, -0.2) is 37.2 Å². The second-order valence-corrected chi connectivity index (χ2v) is 9.17. The zero-order valence-corrected chi connectivity index (χ0v) is 21.1. The van der Waals surface area contributed by atoms with E-state index in [-0.39, 0.29) is 11.6 Å². The Kier molecular flexibility index (Phi) is 6.70. The minimum atomic E-state index is -0.184. The standard InChI is InChI=1S/C28H25BrN2O3/c1-18-13-14-31-24(15-18)23(17-25(31)28(33)20-5-9-21(29)10-6-20)26(32)12-8-19-7-11-22(30(2)3)16-27(19)34-4/h5-17H,1-4H3/b12-8+. The number of ketones is 2. The summed E-state index contributed by atoms with van der Waals surface area (Å²) in [6.07, 6.45) is 5.11. The Labute approximate surface area is 207 Å². The molecule has 0 radical (unpaired) electrons. The topological polar surface area (TPSA) is 51.0 Å². The summed E-state index contributed by atoms with van der Waals surface area (Å²) in [7, 11) is 5.53. The van der Waals surface area contributed by atoms with Gasteiger partial charge in [0.25, 0.3) is 0 Å². The third kappa shape index (κ3) is 4.68. The Bertz CT molecular complexity index is 1420. The van der Waals surface area contributed by atoms with Crippen LogP contribution in [0.4, 0.5) is 5.69 Å². The fourth-order valence-corrected chi connectivity index (χ4v) is 4.06. The molecule has 2 aromatic heterocycles. The fraction of sp³-hybridized carbons (Fsp3) is 0.143. The van der Waals surface area contributed by atoms with Gasteiger partial charge in [-0.25, -0.2) is 0 Å². The number of fused-ring (bicyclic) bond motifs is 1. The smallest absolute Gasteiger partial charge is 0.209 e. The molecule has 0 atom stereocenters. The van der Waals surface area contributed by atoms with Crippen LogP contribution in [0.15, 0.2) is 77.4 Å². The van der Waals surface area contributed by atoms with Crippen LogP contribution in [0.1, 0.15) is 37.5 Å². The number of ether oxygens (including phenoxy) is 1. The van der Waals surface area contributed by atoms with Crippen molar-refractivity contribution in [1.29, 1.82) is 0 Å². The van der Waals surface area contributed by atoms with Gasteiger partial charge in [-0.3, -0.25) is 9.59 Å². The van der Waals surface area contributed by atoms with E-state index in [2.05, 4.69) is 15.9 Å². The molecule has 0 saturated carbocycles. The summed E-state index contributed by atoms with van der Waals surface area (Å²) in [6, 6.07) is 18.5. The highest BCUT2D eigenvalue weighted by atomic mass is 79.9. The van der Waals surface area contributed by atoms with Gasteiger partial charge in [0.1, 0.15) is 5.75 Å². The maximum absolute atomic E-state index is 13.3. The Morgan fingerprint density at radius 1 is 1.00 bits per heavy atom. The molecule has 0 aliphatic rings. The molecule has 6 heteroatoms. The quantitative estimate of drug-likeness (QED) is 0.216. The number of rotatable bonds is 7. The number of carbonyl (C=O) groups excluding carboxylic acids is 2. The third-order valence-electron chi connectivity index (χ3n) is 5.68. The number of benzene rings is 2. The number of aromatic nitrogens is 1. The lowest BCUT2D eigenvalue weighted by atomic mass is 10.1. The molecule has 0 saturated heterocycles. The molecule has 4 aromatic rings. The molecule has 0 N–H and O–H groups in total. The van der Waals surface area contributed by atoms with Gasteiger partial charge in [-0.05, 0) is 79.2 Å². The highest BCUT2D eigenvalue weighted by molar-refractivity contribution is 9.10. The third-order valence-corrected chi connectivity index (χ3v) is 6.21. The van der Waals surface area contributed by atoms with Crippen molar-refractivity contribution >= 4 is 44.8 Å². The van der Waals surface area contributed by atoms with E-state index in [1.165, 1.54) is 6.08 Å².